The van der Waals surface area contributed by atoms with E-state index in [2.05, 4.69) is 29.7 Å². The van der Waals surface area contributed by atoms with Gasteiger partial charge in [0.2, 0.25) is 5.88 Å². The summed E-state index contributed by atoms with van der Waals surface area (Å²) in [6.45, 7) is 10.8. The summed E-state index contributed by atoms with van der Waals surface area (Å²) in [6.07, 6.45) is 3.84. The Labute approximate surface area is 207 Å². The molecule has 0 radical (unpaired) electrons. The van der Waals surface area contributed by atoms with E-state index in [1.54, 1.807) is 19.3 Å². The zero-order valence-electron chi connectivity index (χ0n) is 20.8. The van der Waals surface area contributed by atoms with Crippen LogP contribution in [0.2, 0.25) is 25.7 Å². The van der Waals surface area contributed by atoms with E-state index in [4.69, 9.17) is 18.9 Å². The zero-order chi connectivity index (χ0) is 24.8. The molecule has 1 aromatic carbocycles. The lowest BCUT2D eigenvalue weighted by molar-refractivity contribution is -0.143. The molecule has 3 heterocycles. The number of aromatic nitrogens is 3. The van der Waals surface area contributed by atoms with Gasteiger partial charge in [0.15, 0.2) is 0 Å². The second-order valence-electron chi connectivity index (χ2n) is 9.77. The summed E-state index contributed by atoms with van der Waals surface area (Å²) in [5, 5.41) is 4.39. The number of ether oxygens (including phenoxy) is 4. The molecular weight excluding hydrogens is 462 g/mol. The molecule has 3 aromatic rings. The fourth-order valence-corrected chi connectivity index (χ4v) is 4.59. The Hall–Kier alpha value is -3.17. The molecule has 1 aliphatic heterocycles. The number of esters is 1. The molecule has 0 amide bonds. The first-order valence-corrected chi connectivity index (χ1v) is 15.7. The van der Waals surface area contributed by atoms with E-state index < -0.39 is 8.07 Å². The van der Waals surface area contributed by atoms with Gasteiger partial charge in [0.1, 0.15) is 18.2 Å². The maximum Gasteiger partial charge on any atom is 0.306 e. The van der Waals surface area contributed by atoms with Crippen LogP contribution in [0.4, 0.5) is 0 Å². The largest absolute Gasteiger partial charge is 0.492 e. The molecule has 1 unspecified atom stereocenters. The standard InChI is InChI=1S/C26H33N3O5Si/c1-5-32-26(30)14-20-17-33-24-15-21(7-8-22(20)24)34-25-9-6-19(16-27-25)23-10-11-28-29(23)18-31-12-13-35(2,3)4/h6-11,15-16,20H,5,12-14,17-18H2,1-4H3. The smallest absolute Gasteiger partial charge is 0.306 e. The minimum absolute atomic E-state index is 0.000113. The highest BCUT2D eigenvalue weighted by Crippen LogP contribution is 2.39. The van der Waals surface area contributed by atoms with E-state index in [0.717, 1.165) is 35.2 Å². The van der Waals surface area contributed by atoms with Crippen LogP contribution in [0.3, 0.4) is 0 Å². The molecule has 186 valence electrons. The van der Waals surface area contributed by atoms with Gasteiger partial charge in [-0.05, 0) is 31.2 Å². The first-order valence-electron chi connectivity index (χ1n) is 12.0. The van der Waals surface area contributed by atoms with Crippen LogP contribution in [-0.4, -0.2) is 48.6 Å². The van der Waals surface area contributed by atoms with Gasteiger partial charge >= 0.3 is 5.97 Å². The first-order chi connectivity index (χ1) is 16.8. The molecule has 0 saturated heterocycles. The van der Waals surface area contributed by atoms with E-state index in [1.807, 2.05) is 41.1 Å². The van der Waals surface area contributed by atoms with Crippen LogP contribution in [-0.2, 0) is 21.0 Å². The van der Waals surface area contributed by atoms with Crippen molar-refractivity contribution in [2.45, 2.75) is 51.7 Å². The monoisotopic (exact) mass is 495 g/mol. The van der Waals surface area contributed by atoms with Gasteiger partial charge in [-0.3, -0.25) is 4.79 Å². The highest BCUT2D eigenvalue weighted by atomic mass is 28.3. The average Bonchev–Trinajstić information content (AvgIpc) is 3.44. The van der Waals surface area contributed by atoms with Gasteiger partial charge in [-0.2, -0.15) is 5.10 Å². The maximum atomic E-state index is 11.8. The number of pyridine rings is 1. The molecule has 8 nitrogen and oxygen atoms in total. The van der Waals surface area contributed by atoms with Crippen molar-refractivity contribution in [3.8, 4) is 28.6 Å². The molecule has 0 aliphatic carbocycles. The summed E-state index contributed by atoms with van der Waals surface area (Å²) in [6, 6.07) is 12.5. The Morgan fingerprint density at radius 2 is 2.06 bits per heavy atom. The number of rotatable bonds is 11. The van der Waals surface area contributed by atoms with Crippen LogP contribution in [0.15, 0.2) is 48.8 Å². The Bertz CT molecular complexity index is 1140. The van der Waals surface area contributed by atoms with E-state index in [9.17, 15) is 4.79 Å². The highest BCUT2D eigenvalue weighted by molar-refractivity contribution is 6.76. The molecular formula is C26H33N3O5Si. The van der Waals surface area contributed by atoms with Crippen LogP contribution in [0, 0.1) is 0 Å². The summed E-state index contributed by atoms with van der Waals surface area (Å²) in [5.74, 6) is 1.62. The number of hydrogen-bond acceptors (Lipinski definition) is 7. The predicted octanol–water partition coefficient (Wildman–Crippen LogP) is 5.48. The van der Waals surface area contributed by atoms with Crippen molar-refractivity contribution in [1.82, 2.24) is 14.8 Å². The second-order valence-corrected chi connectivity index (χ2v) is 15.4. The van der Waals surface area contributed by atoms with Crippen LogP contribution in [0.1, 0.15) is 24.8 Å². The van der Waals surface area contributed by atoms with Gasteiger partial charge in [-0.15, -0.1) is 0 Å². The van der Waals surface area contributed by atoms with Crippen molar-refractivity contribution >= 4 is 14.0 Å². The van der Waals surface area contributed by atoms with Gasteiger partial charge in [0, 0.05) is 56.3 Å². The molecule has 1 atom stereocenters. The Kier molecular flexibility index (Phi) is 7.87. The van der Waals surface area contributed by atoms with E-state index in [-0.39, 0.29) is 11.9 Å². The van der Waals surface area contributed by atoms with Crippen molar-refractivity contribution in [2.24, 2.45) is 0 Å². The fraction of sp³-hybridized carbons (Fsp3) is 0.423. The molecule has 2 aromatic heterocycles. The third-order valence-corrected chi connectivity index (χ3v) is 7.47. The van der Waals surface area contributed by atoms with Crippen molar-refractivity contribution < 1.29 is 23.7 Å². The van der Waals surface area contributed by atoms with Crippen LogP contribution < -0.4 is 9.47 Å². The first kappa shape index (κ1) is 24.9. The number of benzene rings is 1. The highest BCUT2D eigenvalue weighted by Gasteiger charge is 2.27. The van der Waals surface area contributed by atoms with Crippen LogP contribution >= 0.6 is 0 Å². The lowest BCUT2D eigenvalue weighted by atomic mass is 9.98. The molecule has 9 heteroatoms. The van der Waals surface area contributed by atoms with Crippen LogP contribution in [0.25, 0.3) is 11.3 Å². The Balaban J connectivity index is 1.36. The molecule has 0 N–H and O–H groups in total. The Morgan fingerprint density at radius 1 is 1.20 bits per heavy atom. The third-order valence-electron chi connectivity index (χ3n) is 5.76. The number of carbonyl (C=O) groups excluding carboxylic acids is 1. The summed E-state index contributed by atoms with van der Waals surface area (Å²) in [4.78, 5) is 16.3. The quantitative estimate of drug-likeness (QED) is 0.198. The van der Waals surface area contributed by atoms with Gasteiger partial charge in [-0.1, -0.05) is 25.7 Å². The fourth-order valence-electron chi connectivity index (χ4n) is 3.83. The van der Waals surface area contributed by atoms with Gasteiger partial charge in [-0.25, -0.2) is 9.67 Å². The third kappa shape index (κ3) is 6.70. The SMILES string of the molecule is CCOC(=O)CC1COc2cc(Oc3ccc(-c4ccnn4COCC[Si](C)(C)C)cn3)ccc21. The molecule has 35 heavy (non-hydrogen) atoms. The van der Waals surface area contributed by atoms with Crippen molar-refractivity contribution in [3.63, 3.8) is 0 Å². The molecule has 0 fully saturated rings. The predicted molar refractivity (Wildman–Crippen MR) is 136 cm³/mol. The van der Waals surface area contributed by atoms with E-state index >= 15 is 0 Å². The number of hydrogen-bond donors (Lipinski definition) is 0. The lowest BCUT2D eigenvalue weighted by Crippen LogP contribution is -2.22. The molecule has 0 bridgehead atoms. The number of nitrogens with zero attached hydrogens (tertiary/aromatic N) is 3. The number of carbonyl (C=O) groups is 1. The summed E-state index contributed by atoms with van der Waals surface area (Å²) in [7, 11) is -1.12. The summed E-state index contributed by atoms with van der Waals surface area (Å²) < 4.78 is 24.5. The molecule has 0 spiro atoms. The van der Waals surface area contributed by atoms with Gasteiger partial charge < -0.3 is 18.9 Å². The molecule has 1 aliphatic rings. The lowest BCUT2D eigenvalue weighted by Gasteiger charge is -2.16. The van der Waals surface area contributed by atoms with E-state index in [1.165, 1.54) is 0 Å². The minimum atomic E-state index is -1.12. The van der Waals surface area contributed by atoms with Crippen molar-refractivity contribution in [2.75, 3.05) is 19.8 Å². The maximum absolute atomic E-state index is 11.8. The summed E-state index contributed by atoms with van der Waals surface area (Å²) >= 11 is 0. The van der Waals surface area contributed by atoms with Crippen molar-refractivity contribution in [3.05, 3.63) is 54.4 Å². The Morgan fingerprint density at radius 3 is 2.80 bits per heavy atom. The normalized spacial score (nSPS) is 14.9. The van der Waals surface area contributed by atoms with Gasteiger partial charge in [0.05, 0.1) is 25.3 Å². The summed E-state index contributed by atoms with van der Waals surface area (Å²) in [5.41, 5.74) is 2.87. The molecule has 4 rings (SSSR count). The van der Waals surface area contributed by atoms with E-state index in [0.29, 0.717) is 38.0 Å². The van der Waals surface area contributed by atoms with Crippen molar-refractivity contribution in [1.29, 1.82) is 0 Å². The second kappa shape index (κ2) is 11.0. The molecule has 0 saturated carbocycles. The minimum Gasteiger partial charge on any atom is -0.492 e. The average molecular weight is 496 g/mol. The zero-order valence-corrected chi connectivity index (χ0v) is 21.8. The number of fused-ring (bicyclic) bond motifs is 1. The van der Waals surface area contributed by atoms with Gasteiger partial charge in [0.25, 0.3) is 0 Å². The van der Waals surface area contributed by atoms with Crippen LogP contribution in [0.5, 0.6) is 17.4 Å². The topological polar surface area (TPSA) is 84.7 Å².